The number of methoxy groups -OCH3 is 1. The lowest BCUT2D eigenvalue weighted by atomic mass is 10.1. The largest absolute Gasteiger partial charge is 0.480 e. The minimum absolute atomic E-state index is 0.335. The molecule has 0 atom stereocenters. The molecule has 0 saturated carbocycles. The number of nitrogens with one attached hydrogen (secondary N) is 1. The van der Waals surface area contributed by atoms with Crippen LogP contribution in [0.1, 0.15) is 5.56 Å². The molecule has 7 heteroatoms. The van der Waals surface area contributed by atoms with Gasteiger partial charge in [-0.15, -0.1) is 0 Å². The number of benzene rings is 1. The van der Waals surface area contributed by atoms with Crippen molar-refractivity contribution in [3.63, 3.8) is 0 Å². The lowest BCUT2D eigenvalue weighted by molar-refractivity contribution is 0.385. The average molecular weight is 402 g/mol. The van der Waals surface area contributed by atoms with Crippen molar-refractivity contribution < 1.29 is 13.9 Å². The fourth-order valence-electron chi connectivity index (χ4n) is 2.84. The third-order valence-corrected chi connectivity index (χ3v) is 4.33. The maximum atomic E-state index is 13.4. The van der Waals surface area contributed by atoms with Crippen molar-refractivity contribution in [3.05, 3.63) is 84.6 Å². The Hall–Kier alpha value is -4.00. The van der Waals surface area contributed by atoms with Crippen LogP contribution >= 0.6 is 0 Å². The number of aryl methyl sites for hydroxylation is 1. The Labute approximate surface area is 173 Å². The highest BCUT2D eigenvalue weighted by Gasteiger charge is 2.11. The molecule has 3 heterocycles. The number of ether oxygens (including phenoxy) is 2. The second-order valence-corrected chi connectivity index (χ2v) is 6.55. The Bertz CT molecular complexity index is 1150. The molecule has 0 fully saturated rings. The summed E-state index contributed by atoms with van der Waals surface area (Å²) in [5.74, 6) is 1.52. The van der Waals surface area contributed by atoms with Crippen molar-refractivity contribution in [1.29, 1.82) is 0 Å². The van der Waals surface area contributed by atoms with E-state index in [2.05, 4.69) is 20.3 Å². The van der Waals surface area contributed by atoms with Gasteiger partial charge in [-0.05, 0) is 60.5 Å². The second kappa shape index (κ2) is 8.57. The van der Waals surface area contributed by atoms with Gasteiger partial charge in [0.15, 0.2) is 0 Å². The van der Waals surface area contributed by atoms with Crippen LogP contribution in [0.15, 0.2) is 73.1 Å². The van der Waals surface area contributed by atoms with Crippen molar-refractivity contribution >= 4 is 11.5 Å². The molecule has 0 saturated heterocycles. The van der Waals surface area contributed by atoms with Gasteiger partial charge >= 0.3 is 0 Å². The zero-order valence-corrected chi connectivity index (χ0v) is 16.5. The summed E-state index contributed by atoms with van der Waals surface area (Å²) in [7, 11) is 1.51. The molecule has 0 aliphatic rings. The molecule has 0 amide bonds. The normalized spacial score (nSPS) is 10.5. The predicted octanol–water partition coefficient (Wildman–Crippen LogP) is 5.53. The molecule has 0 unspecified atom stereocenters. The van der Waals surface area contributed by atoms with E-state index in [9.17, 15) is 4.39 Å². The van der Waals surface area contributed by atoms with Crippen LogP contribution in [0.5, 0.6) is 17.5 Å². The monoisotopic (exact) mass is 402 g/mol. The number of hydrogen-bond donors (Lipinski definition) is 1. The van der Waals surface area contributed by atoms with E-state index in [1.54, 1.807) is 18.2 Å². The summed E-state index contributed by atoms with van der Waals surface area (Å²) in [5.41, 5.74) is 3.27. The van der Waals surface area contributed by atoms with Crippen LogP contribution in [0, 0.1) is 12.9 Å². The minimum atomic E-state index is -0.565. The van der Waals surface area contributed by atoms with Gasteiger partial charge in [-0.2, -0.15) is 9.37 Å². The first kappa shape index (κ1) is 19.3. The number of halogens is 1. The molecule has 4 aromatic rings. The van der Waals surface area contributed by atoms with Crippen molar-refractivity contribution in [1.82, 2.24) is 15.0 Å². The first-order chi connectivity index (χ1) is 14.6. The summed E-state index contributed by atoms with van der Waals surface area (Å²) in [4.78, 5) is 12.3. The Morgan fingerprint density at radius 3 is 2.47 bits per heavy atom. The van der Waals surface area contributed by atoms with Gasteiger partial charge in [-0.3, -0.25) is 0 Å². The highest BCUT2D eigenvalue weighted by Crippen LogP contribution is 2.32. The molecular weight excluding hydrogens is 383 g/mol. The number of anilines is 2. The molecule has 1 aromatic carbocycles. The number of rotatable bonds is 6. The molecule has 6 nitrogen and oxygen atoms in total. The minimum Gasteiger partial charge on any atom is -0.480 e. The molecule has 0 spiro atoms. The third-order valence-electron chi connectivity index (χ3n) is 4.33. The molecule has 4 rings (SSSR count). The molecule has 0 radical (unpaired) electrons. The summed E-state index contributed by atoms with van der Waals surface area (Å²) in [5, 5.41) is 3.23. The second-order valence-electron chi connectivity index (χ2n) is 6.55. The van der Waals surface area contributed by atoms with Crippen molar-refractivity contribution in [2.24, 2.45) is 0 Å². The van der Waals surface area contributed by atoms with E-state index in [4.69, 9.17) is 9.47 Å². The zero-order chi connectivity index (χ0) is 20.9. The highest BCUT2D eigenvalue weighted by molar-refractivity contribution is 5.68. The molecule has 0 bridgehead atoms. The summed E-state index contributed by atoms with van der Waals surface area (Å²) in [6.45, 7) is 1.99. The first-order valence-electron chi connectivity index (χ1n) is 9.25. The molecule has 3 aromatic heterocycles. The smallest absolute Gasteiger partial charge is 0.224 e. The van der Waals surface area contributed by atoms with E-state index in [1.165, 1.54) is 19.4 Å². The average Bonchev–Trinajstić information content (AvgIpc) is 2.76. The fraction of sp³-hybridized carbons (Fsp3) is 0.0870. The van der Waals surface area contributed by atoms with Gasteiger partial charge in [0.25, 0.3) is 0 Å². The molecule has 0 aliphatic heterocycles. The Kier molecular flexibility index (Phi) is 5.52. The number of aromatic nitrogens is 3. The van der Waals surface area contributed by atoms with Crippen LogP contribution < -0.4 is 14.8 Å². The first-order valence-corrected chi connectivity index (χ1v) is 9.25. The van der Waals surface area contributed by atoms with Crippen LogP contribution in [-0.4, -0.2) is 22.1 Å². The van der Waals surface area contributed by atoms with Crippen LogP contribution in [0.2, 0.25) is 0 Å². The van der Waals surface area contributed by atoms with Gasteiger partial charge < -0.3 is 14.8 Å². The maximum absolute atomic E-state index is 13.4. The topological polar surface area (TPSA) is 69.2 Å². The molecule has 1 N–H and O–H groups in total. The Morgan fingerprint density at radius 1 is 0.933 bits per heavy atom. The highest BCUT2D eigenvalue weighted by atomic mass is 19.1. The van der Waals surface area contributed by atoms with Gasteiger partial charge in [0.1, 0.15) is 11.6 Å². The summed E-state index contributed by atoms with van der Waals surface area (Å²) < 4.78 is 24.6. The van der Waals surface area contributed by atoms with Crippen LogP contribution in [0.3, 0.4) is 0 Å². The zero-order valence-electron chi connectivity index (χ0n) is 16.5. The van der Waals surface area contributed by atoms with Gasteiger partial charge in [0.05, 0.1) is 7.11 Å². The van der Waals surface area contributed by atoms with Crippen LogP contribution in [0.25, 0.3) is 11.1 Å². The van der Waals surface area contributed by atoms with E-state index in [-0.39, 0.29) is 0 Å². The van der Waals surface area contributed by atoms with Crippen LogP contribution in [0.4, 0.5) is 15.9 Å². The van der Waals surface area contributed by atoms with E-state index >= 15 is 0 Å². The van der Waals surface area contributed by atoms with Crippen molar-refractivity contribution in [2.75, 3.05) is 12.4 Å². The molecule has 150 valence electrons. The SMILES string of the molecule is COc1nc(Oc2ccc(Nc3ccc(C)cn3)cc2)ccc1-c1ccnc(F)c1. The van der Waals surface area contributed by atoms with Gasteiger partial charge in [-0.25, -0.2) is 9.97 Å². The van der Waals surface area contributed by atoms with Crippen molar-refractivity contribution in [2.45, 2.75) is 6.92 Å². The molecule has 30 heavy (non-hydrogen) atoms. The lowest BCUT2D eigenvalue weighted by Gasteiger charge is -2.11. The third kappa shape index (κ3) is 4.52. The summed E-state index contributed by atoms with van der Waals surface area (Å²) in [6.07, 6.45) is 3.21. The Balaban J connectivity index is 1.49. The maximum Gasteiger partial charge on any atom is 0.224 e. The number of nitrogens with zero attached hydrogens (tertiary/aromatic N) is 3. The molecular formula is C23H19FN4O2. The van der Waals surface area contributed by atoms with E-state index in [1.807, 2.05) is 49.5 Å². The number of pyridine rings is 3. The van der Waals surface area contributed by atoms with Gasteiger partial charge in [-0.1, -0.05) is 6.07 Å². The molecule has 0 aliphatic carbocycles. The summed E-state index contributed by atoms with van der Waals surface area (Å²) >= 11 is 0. The van der Waals surface area contributed by atoms with Crippen molar-refractivity contribution in [3.8, 4) is 28.6 Å². The lowest BCUT2D eigenvalue weighted by Crippen LogP contribution is -1.96. The Morgan fingerprint density at radius 2 is 1.77 bits per heavy atom. The van der Waals surface area contributed by atoms with Gasteiger partial charge in [0, 0.05) is 35.8 Å². The fourth-order valence-corrected chi connectivity index (χ4v) is 2.84. The van der Waals surface area contributed by atoms with Gasteiger partial charge in [0.2, 0.25) is 17.7 Å². The summed E-state index contributed by atoms with van der Waals surface area (Å²) in [6, 6.07) is 17.9. The van der Waals surface area contributed by atoms with E-state index < -0.39 is 5.95 Å². The quantitative estimate of drug-likeness (QED) is 0.428. The van der Waals surface area contributed by atoms with E-state index in [0.29, 0.717) is 28.6 Å². The standard InChI is InChI=1S/C23H19FN4O2/c1-15-3-9-21(26-14-15)27-17-4-6-18(7-5-17)30-22-10-8-19(23(28-22)29-2)16-11-12-25-20(24)13-16/h3-14H,1-2H3,(H,26,27). The van der Waals surface area contributed by atoms with Crippen LogP contribution in [-0.2, 0) is 0 Å². The number of hydrogen-bond acceptors (Lipinski definition) is 6. The predicted molar refractivity (Wildman–Crippen MR) is 113 cm³/mol. The van der Waals surface area contributed by atoms with E-state index in [0.717, 1.165) is 17.1 Å².